The molecule has 2 saturated heterocycles. The van der Waals surface area contributed by atoms with Crippen LogP contribution < -0.4 is 10.2 Å². The first-order chi connectivity index (χ1) is 18.1. The molecule has 4 heterocycles. The second-order valence-electron chi connectivity index (χ2n) is 10.6. The van der Waals surface area contributed by atoms with Gasteiger partial charge >= 0.3 is 0 Å². The third kappa shape index (κ3) is 4.92. The van der Waals surface area contributed by atoms with Crippen LogP contribution in [0.3, 0.4) is 0 Å². The molecule has 2 aliphatic heterocycles. The summed E-state index contributed by atoms with van der Waals surface area (Å²) in [5, 5.41) is 4.81. The summed E-state index contributed by atoms with van der Waals surface area (Å²) < 4.78 is 5.44. The van der Waals surface area contributed by atoms with Gasteiger partial charge in [-0.25, -0.2) is 9.97 Å². The molecule has 9 heteroatoms. The Morgan fingerprint density at radius 2 is 1.86 bits per heavy atom. The SMILES string of the molecule is CN(C)C1CCN(c2ccccc2Nc2ncnc3sc4c(c23)CCC(C(=O)N2CCOCC2)C4)CC1. The van der Waals surface area contributed by atoms with Crippen LogP contribution in [0, 0.1) is 5.92 Å². The lowest BCUT2D eigenvalue weighted by atomic mass is 9.86. The fraction of sp³-hybridized carbons (Fsp3) is 0.536. The van der Waals surface area contributed by atoms with Gasteiger partial charge in [0.25, 0.3) is 0 Å². The van der Waals surface area contributed by atoms with Gasteiger partial charge in [0.15, 0.2) is 0 Å². The van der Waals surface area contributed by atoms with E-state index in [1.807, 2.05) is 4.90 Å². The van der Waals surface area contributed by atoms with Gasteiger partial charge in [0.2, 0.25) is 5.91 Å². The zero-order valence-electron chi connectivity index (χ0n) is 21.8. The van der Waals surface area contributed by atoms with Crippen molar-refractivity contribution in [1.29, 1.82) is 0 Å². The number of aryl methyl sites for hydroxylation is 1. The highest BCUT2D eigenvalue weighted by molar-refractivity contribution is 7.19. The lowest BCUT2D eigenvalue weighted by Gasteiger charge is -2.37. The van der Waals surface area contributed by atoms with Crippen LogP contribution >= 0.6 is 11.3 Å². The molecule has 3 aliphatic rings. The minimum Gasteiger partial charge on any atom is -0.378 e. The van der Waals surface area contributed by atoms with Crippen LogP contribution in [0.1, 0.15) is 29.7 Å². The number of nitrogens with one attached hydrogen (secondary N) is 1. The van der Waals surface area contributed by atoms with Gasteiger partial charge in [-0.2, -0.15) is 0 Å². The molecule has 2 aromatic heterocycles. The van der Waals surface area contributed by atoms with Crippen LogP contribution in [0.25, 0.3) is 10.2 Å². The highest BCUT2D eigenvalue weighted by Gasteiger charge is 2.32. The summed E-state index contributed by atoms with van der Waals surface area (Å²) >= 11 is 1.73. The Labute approximate surface area is 222 Å². The van der Waals surface area contributed by atoms with Gasteiger partial charge in [-0.15, -0.1) is 11.3 Å². The Morgan fingerprint density at radius 1 is 1.08 bits per heavy atom. The number of rotatable bonds is 5. The predicted octanol–water partition coefficient (Wildman–Crippen LogP) is 3.93. The predicted molar refractivity (Wildman–Crippen MR) is 149 cm³/mol. The third-order valence-electron chi connectivity index (χ3n) is 8.21. The number of morpholine rings is 1. The van der Waals surface area contributed by atoms with Gasteiger partial charge in [0, 0.05) is 43.0 Å². The molecular weight excluding hydrogens is 484 g/mol. The van der Waals surface area contributed by atoms with Crippen molar-refractivity contribution in [3.8, 4) is 0 Å². The second-order valence-corrected chi connectivity index (χ2v) is 11.7. The minimum absolute atomic E-state index is 0.0499. The number of piperidine rings is 1. The molecular formula is C28H36N6O2S. The molecule has 0 saturated carbocycles. The molecule has 0 spiro atoms. The number of anilines is 3. The first-order valence-corrected chi connectivity index (χ1v) is 14.3. The first kappa shape index (κ1) is 24.6. The largest absolute Gasteiger partial charge is 0.378 e. The molecule has 0 bridgehead atoms. The van der Waals surface area contributed by atoms with Crippen molar-refractivity contribution in [3.63, 3.8) is 0 Å². The molecule has 1 N–H and O–H groups in total. The Bertz CT molecular complexity index is 1260. The van der Waals surface area contributed by atoms with Crippen molar-refractivity contribution in [2.24, 2.45) is 5.92 Å². The number of nitrogens with zero attached hydrogens (tertiary/aromatic N) is 5. The van der Waals surface area contributed by atoms with Gasteiger partial charge in [0.05, 0.1) is 30.0 Å². The lowest BCUT2D eigenvalue weighted by molar-refractivity contribution is -0.140. The maximum atomic E-state index is 13.2. The van der Waals surface area contributed by atoms with Gasteiger partial charge in [0.1, 0.15) is 17.0 Å². The van der Waals surface area contributed by atoms with E-state index >= 15 is 0 Å². The summed E-state index contributed by atoms with van der Waals surface area (Å²) in [6.07, 6.45) is 6.55. The molecule has 1 amide bonds. The van der Waals surface area contributed by atoms with E-state index in [0.717, 1.165) is 54.1 Å². The van der Waals surface area contributed by atoms with E-state index in [4.69, 9.17) is 9.72 Å². The molecule has 1 aromatic carbocycles. The number of aromatic nitrogens is 2. The number of para-hydroxylation sites is 2. The smallest absolute Gasteiger partial charge is 0.226 e. The Balaban J connectivity index is 1.24. The molecule has 196 valence electrons. The normalized spacial score (nSPS) is 20.9. The fourth-order valence-corrected chi connectivity index (χ4v) is 7.33. The maximum absolute atomic E-state index is 13.2. The van der Waals surface area contributed by atoms with E-state index in [1.54, 1.807) is 17.7 Å². The van der Waals surface area contributed by atoms with Crippen molar-refractivity contribution >= 4 is 44.7 Å². The van der Waals surface area contributed by atoms with Crippen LogP contribution in [0.4, 0.5) is 17.2 Å². The maximum Gasteiger partial charge on any atom is 0.226 e. The van der Waals surface area contributed by atoms with E-state index in [0.29, 0.717) is 32.3 Å². The number of benzene rings is 1. The fourth-order valence-electron chi connectivity index (χ4n) is 6.06. The summed E-state index contributed by atoms with van der Waals surface area (Å²) in [5.74, 6) is 1.20. The molecule has 1 aliphatic carbocycles. The quantitative estimate of drug-likeness (QED) is 0.547. The number of hydrogen-bond donors (Lipinski definition) is 1. The van der Waals surface area contributed by atoms with Crippen molar-refractivity contribution in [1.82, 2.24) is 19.8 Å². The van der Waals surface area contributed by atoms with E-state index in [2.05, 4.69) is 58.5 Å². The Kier molecular flexibility index (Phi) is 7.01. The number of amides is 1. The summed E-state index contributed by atoms with van der Waals surface area (Å²) in [6, 6.07) is 9.21. The van der Waals surface area contributed by atoms with E-state index < -0.39 is 0 Å². The monoisotopic (exact) mass is 520 g/mol. The van der Waals surface area contributed by atoms with Crippen LogP contribution in [-0.4, -0.2) is 85.2 Å². The highest BCUT2D eigenvalue weighted by atomic mass is 32.1. The number of carbonyl (C=O) groups is 1. The number of carbonyl (C=O) groups excluding carboxylic acids is 1. The standard InChI is InChI=1S/C28H36N6O2S/c1-32(2)20-9-11-33(12-10-20)23-6-4-3-5-22(23)31-26-25-21-8-7-19(28(35)34-13-15-36-16-14-34)17-24(21)37-27(25)30-18-29-26/h3-6,18-20H,7-17H2,1-2H3,(H,29,30,31). The lowest BCUT2D eigenvalue weighted by Crippen LogP contribution is -2.44. The molecule has 8 nitrogen and oxygen atoms in total. The Morgan fingerprint density at radius 3 is 2.65 bits per heavy atom. The van der Waals surface area contributed by atoms with Gasteiger partial charge in [-0.3, -0.25) is 4.79 Å². The molecule has 1 atom stereocenters. The number of hydrogen-bond acceptors (Lipinski definition) is 8. The first-order valence-electron chi connectivity index (χ1n) is 13.5. The topological polar surface area (TPSA) is 73.8 Å². The van der Waals surface area contributed by atoms with Crippen LogP contribution in [0.5, 0.6) is 0 Å². The summed E-state index contributed by atoms with van der Waals surface area (Å²) in [7, 11) is 4.36. The van der Waals surface area contributed by atoms with Crippen molar-refractivity contribution in [2.75, 3.05) is 63.7 Å². The Hall–Kier alpha value is -2.75. The van der Waals surface area contributed by atoms with E-state index in [9.17, 15) is 4.79 Å². The summed E-state index contributed by atoms with van der Waals surface area (Å²) in [5.41, 5.74) is 3.63. The van der Waals surface area contributed by atoms with Gasteiger partial charge in [-0.05, 0) is 63.9 Å². The summed E-state index contributed by atoms with van der Waals surface area (Å²) in [4.78, 5) is 31.6. The molecule has 6 rings (SSSR count). The second kappa shape index (κ2) is 10.6. The summed E-state index contributed by atoms with van der Waals surface area (Å²) in [6.45, 7) is 4.81. The van der Waals surface area contributed by atoms with E-state index in [1.165, 1.54) is 29.0 Å². The molecule has 37 heavy (non-hydrogen) atoms. The van der Waals surface area contributed by atoms with Crippen molar-refractivity contribution in [3.05, 3.63) is 41.0 Å². The zero-order chi connectivity index (χ0) is 25.4. The van der Waals surface area contributed by atoms with Crippen molar-refractivity contribution in [2.45, 2.75) is 38.1 Å². The molecule has 0 radical (unpaired) electrons. The van der Waals surface area contributed by atoms with Gasteiger partial charge < -0.3 is 24.8 Å². The molecule has 3 aromatic rings. The van der Waals surface area contributed by atoms with Crippen LogP contribution in [0.15, 0.2) is 30.6 Å². The number of ether oxygens (including phenoxy) is 1. The molecule has 1 unspecified atom stereocenters. The molecule has 2 fully saturated rings. The van der Waals surface area contributed by atoms with Gasteiger partial charge in [-0.1, -0.05) is 12.1 Å². The number of thiophene rings is 1. The highest BCUT2D eigenvalue weighted by Crippen LogP contribution is 2.41. The third-order valence-corrected chi connectivity index (χ3v) is 9.37. The van der Waals surface area contributed by atoms with E-state index in [-0.39, 0.29) is 11.8 Å². The average Bonchev–Trinajstić information content (AvgIpc) is 3.32. The van der Waals surface area contributed by atoms with Crippen LogP contribution in [0.2, 0.25) is 0 Å². The minimum atomic E-state index is 0.0499. The average molecular weight is 521 g/mol. The van der Waals surface area contributed by atoms with Crippen molar-refractivity contribution < 1.29 is 9.53 Å². The number of fused-ring (bicyclic) bond motifs is 3. The zero-order valence-corrected chi connectivity index (χ0v) is 22.6. The van der Waals surface area contributed by atoms with Crippen LogP contribution in [-0.2, 0) is 22.4 Å².